The van der Waals surface area contributed by atoms with E-state index in [1.165, 1.54) is 0 Å². The minimum absolute atomic E-state index is 0.101. The first kappa shape index (κ1) is 22.3. The molecule has 0 aliphatic heterocycles. The van der Waals surface area contributed by atoms with Crippen LogP contribution in [0.4, 0.5) is 4.79 Å². The zero-order valence-corrected chi connectivity index (χ0v) is 16.6. The minimum atomic E-state index is -0.658. The van der Waals surface area contributed by atoms with Gasteiger partial charge in [0.2, 0.25) is 5.91 Å². The number of carbonyl (C=O) groups is 3. The van der Waals surface area contributed by atoms with Gasteiger partial charge in [0.05, 0.1) is 6.54 Å². The zero-order chi connectivity index (χ0) is 20.4. The Hall–Kier alpha value is -2.77. The van der Waals surface area contributed by atoms with Gasteiger partial charge < -0.3 is 25.4 Å². The van der Waals surface area contributed by atoms with Crippen molar-refractivity contribution in [1.29, 1.82) is 0 Å². The molecular formula is C19H29N3O5. The summed E-state index contributed by atoms with van der Waals surface area (Å²) in [5.41, 5.74) is 1.63. The molecule has 0 saturated heterocycles. The smallest absolute Gasteiger partial charge is 0.408 e. The lowest BCUT2D eigenvalue weighted by Gasteiger charge is -2.19. The van der Waals surface area contributed by atoms with Gasteiger partial charge >= 0.3 is 6.09 Å². The fourth-order valence-corrected chi connectivity index (χ4v) is 1.94. The molecule has 8 nitrogen and oxygen atoms in total. The van der Waals surface area contributed by atoms with Crippen LogP contribution in [0, 0.1) is 13.8 Å². The SMILES string of the molecule is Cc1ccc(OCC(=O)NCCNC(=O)CNC(=O)OC(C)(C)C)cc1C. The summed E-state index contributed by atoms with van der Waals surface area (Å²) in [6, 6.07) is 5.62. The average molecular weight is 379 g/mol. The molecule has 1 aromatic rings. The van der Waals surface area contributed by atoms with Crippen LogP contribution in [-0.2, 0) is 14.3 Å². The normalized spacial score (nSPS) is 10.7. The summed E-state index contributed by atoms with van der Waals surface area (Å²) in [7, 11) is 0. The van der Waals surface area contributed by atoms with E-state index in [4.69, 9.17) is 9.47 Å². The number of benzene rings is 1. The van der Waals surface area contributed by atoms with Gasteiger partial charge in [0, 0.05) is 13.1 Å². The largest absolute Gasteiger partial charge is 0.484 e. The quantitative estimate of drug-likeness (QED) is 0.593. The molecule has 0 bridgehead atoms. The number of nitrogens with one attached hydrogen (secondary N) is 3. The van der Waals surface area contributed by atoms with E-state index in [0.717, 1.165) is 11.1 Å². The van der Waals surface area contributed by atoms with Crippen LogP contribution in [0.1, 0.15) is 31.9 Å². The first-order valence-electron chi connectivity index (χ1n) is 8.77. The van der Waals surface area contributed by atoms with E-state index in [-0.39, 0.29) is 38.1 Å². The molecule has 1 rings (SSSR count). The predicted octanol–water partition coefficient (Wildman–Crippen LogP) is 1.44. The molecule has 0 aromatic heterocycles. The molecule has 3 N–H and O–H groups in total. The van der Waals surface area contributed by atoms with Gasteiger partial charge in [-0.1, -0.05) is 6.07 Å². The molecule has 27 heavy (non-hydrogen) atoms. The fraction of sp³-hybridized carbons (Fsp3) is 0.526. The van der Waals surface area contributed by atoms with Gasteiger partial charge in [-0.2, -0.15) is 0 Å². The molecule has 0 aliphatic rings. The summed E-state index contributed by atoms with van der Waals surface area (Å²) in [6.45, 7) is 9.38. The predicted molar refractivity (Wildman–Crippen MR) is 102 cm³/mol. The van der Waals surface area contributed by atoms with Crippen LogP contribution >= 0.6 is 0 Å². The second kappa shape index (κ2) is 10.4. The Kier molecular flexibility index (Phi) is 8.58. The molecule has 0 spiro atoms. The average Bonchev–Trinajstić information content (AvgIpc) is 2.56. The number of amides is 3. The van der Waals surface area contributed by atoms with Crippen molar-refractivity contribution in [3.8, 4) is 5.75 Å². The fourth-order valence-electron chi connectivity index (χ4n) is 1.94. The van der Waals surface area contributed by atoms with Gasteiger partial charge in [-0.15, -0.1) is 0 Å². The molecule has 0 radical (unpaired) electrons. The number of alkyl carbamates (subject to hydrolysis) is 1. The summed E-state index contributed by atoms with van der Waals surface area (Å²) in [4.78, 5) is 34.8. The molecule has 0 atom stereocenters. The lowest BCUT2D eigenvalue weighted by molar-refractivity contribution is -0.123. The Morgan fingerprint density at radius 1 is 0.926 bits per heavy atom. The third kappa shape index (κ3) is 10.1. The van der Waals surface area contributed by atoms with Gasteiger partial charge in [0.1, 0.15) is 11.4 Å². The second-order valence-electron chi connectivity index (χ2n) is 7.09. The zero-order valence-electron chi connectivity index (χ0n) is 16.6. The molecule has 1 aromatic carbocycles. The highest BCUT2D eigenvalue weighted by Gasteiger charge is 2.16. The lowest BCUT2D eigenvalue weighted by Crippen LogP contribution is -2.42. The first-order chi connectivity index (χ1) is 12.6. The number of ether oxygens (including phenoxy) is 2. The minimum Gasteiger partial charge on any atom is -0.484 e. The molecule has 0 aliphatic carbocycles. The van der Waals surface area contributed by atoms with E-state index in [2.05, 4.69) is 16.0 Å². The topological polar surface area (TPSA) is 106 Å². The maximum Gasteiger partial charge on any atom is 0.408 e. The van der Waals surface area contributed by atoms with Crippen LogP contribution in [0.3, 0.4) is 0 Å². The first-order valence-corrected chi connectivity index (χ1v) is 8.77. The van der Waals surface area contributed by atoms with Crippen molar-refractivity contribution in [3.05, 3.63) is 29.3 Å². The molecule has 0 heterocycles. The number of carbonyl (C=O) groups excluding carboxylic acids is 3. The van der Waals surface area contributed by atoms with E-state index in [0.29, 0.717) is 5.75 Å². The maximum atomic E-state index is 11.7. The van der Waals surface area contributed by atoms with Crippen LogP contribution in [0.25, 0.3) is 0 Å². The summed E-state index contributed by atoms with van der Waals surface area (Å²) < 4.78 is 10.4. The van der Waals surface area contributed by atoms with Crippen molar-refractivity contribution in [2.24, 2.45) is 0 Å². The van der Waals surface area contributed by atoms with Crippen molar-refractivity contribution in [3.63, 3.8) is 0 Å². The number of aryl methyl sites for hydroxylation is 2. The van der Waals surface area contributed by atoms with Gasteiger partial charge in [0.15, 0.2) is 6.61 Å². The van der Waals surface area contributed by atoms with Crippen molar-refractivity contribution in [1.82, 2.24) is 16.0 Å². The van der Waals surface area contributed by atoms with Gasteiger partial charge in [-0.25, -0.2) is 4.79 Å². The molecule has 0 unspecified atom stereocenters. The molecule has 150 valence electrons. The summed E-state index contributed by atoms with van der Waals surface area (Å²) in [5, 5.41) is 7.57. The van der Waals surface area contributed by atoms with Crippen LogP contribution in [0.2, 0.25) is 0 Å². The Morgan fingerprint density at radius 3 is 2.15 bits per heavy atom. The van der Waals surface area contributed by atoms with E-state index in [1.807, 2.05) is 32.0 Å². The van der Waals surface area contributed by atoms with E-state index >= 15 is 0 Å². The van der Waals surface area contributed by atoms with Crippen LogP contribution < -0.4 is 20.7 Å². The monoisotopic (exact) mass is 379 g/mol. The van der Waals surface area contributed by atoms with Crippen molar-refractivity contribution >= 4 is 17.9 Å². The molecule has 0 saturated carbocycles. The molecule has 8 heteroatoms. The van der Waals surface area contributed by atoms with Crippen LogP contribution in [-0.4, -0.2) is 49.7 Å². The number of hydrogen-bond donors (Lipinski definition) is 3. The van der Waals surface area contributed by atoms with Crippen molar-refractivity contribution < 1.29 is 23.9 Å². The Morgan fingerprint density at radius 2 is 1.56 bits per heavy atom. The second-order valence-corrected chi connectivity index (χ2v) is 7.09. The third-order valence-corrected chi connectivity index (χ3v) is 3.41. The molecular weight excluding hydrogens is 350 g/mol. The Labute approximate surface area is 160 Å². The standard InChI is InChI=1S/C19H29N3O5/c1-13-6-7-15(10-14(13)2)26-12-17(24)21-9-8-20-16(23)11-22-18(25)27-19(3,4)5/h6-7,10H,8-9,11-12H2,1-5H3,(H,20,23)(H,21,24)(H,22,25). The number of rotatable bonds is 8. The lowest BCUT2D eigenvalue weighted by atomic mass is 10.1. The molecule has 3 amide bonds. The van der Waals surface area contributed by atoms with Crippen molar-refractivity contribution in [2.75, 3.05) is 26.2 Å². The van der Waals surface area contributed by atoms with Crippen molar-refractivity contribution in [2.45, 2.75) is 40.2 Å². The maximum absolute atomic E-state index is 11.7. The summed E-state index contributed by atoms with van der Waals surface area (Å²) in [6.07, 6.45) is -0.658. The highest BCUT2D eigenvalue weighted by Crippen LogP contribution is 2.16. The van der Waals surface area contributed by atoms with E-state index in [1.54, 1.807) is 20.8 Å². The summed E-state index contributed by atoms with van der Waals surface area (Å²) in [5.74, 6) is -0.0226. The van der Waals surface area contributed by atoms with E-state index in [9.17, 15) is 14.4 Å². The number of hydrogen-bond acceptors (Lipinski definition) is 5. The molecule has 0 fully saturated rings. The van der Waals surface area contributed by atoms with Gasteiger partial charge in [-0.3, -0.25) is 9.59 Å². The summed E-state index contributed by atoms with van der Waals surface area (Å²) >= 11 is 0. The highest BCUT2D eigenvalue weighted by atomic mass is 16.6. The van der Waals surface area contributed by atoms with Crippen LogP contribution in [0.15, 0.2) is 18.2 Å². The van der Waals surface area contributed by atoms with Gasteiger partial charge in [-0.05, 0) is 57.9 Å². The van der Waals surface area contributed by atoms with Gasteiger partial charge in [0.25, 0.3) is 5.91 Å². The van der Waals surface area contributed by atoms with E-state index < -0.39 is 11.7 Å². The third-order valence-electron chi connectivity index (χ3n) is 3.41. The Balaban J connectivity index is 2.14. The van der Waals surface area contributed by atoms with Crippen LogP contribution in [0.5, 0.6) is 5.75 Å². The Bertz CT molecular complexity index is 668. The highest BCUT2D eigenvalue weighted by molar-refractivity contribution is 5.82.